The maximum Gasteiger partial charge on any atom is 0.411 e. The summed E-state index contributed by atoms with van der Waals surface area (Å²) in [4.78, 5) is 26.0. The molecule has 0 spiro atoms. The van der Waals surface area contributed by atoms with Gasteiger partial charge in [0.25, 0.3) is 0 Å². The number of halogens is 1. The Morgan fingerprint density at radius 1 is 1.03 bits per heavy atom. The Morgan fingerprint density at radius 3 is 2.21 bits per heavy atom. The van der Waals surface area contributed by atoms with E-state index in [-0.39, 0.29) is 24.7 Å². The summed E-state index contributed by atoms with van der Waals surface area (Å²) < 4.78 is 19.1. The molecule has 4 rings (SSSR count). The fourth-order valence-corrected chi connectivity index (χ4v) is 4.37. The molecular weight excluding hydrogens is 421 g/mol. The molecule has 3 aromatic carbocycles. The molecule has 1 saturated heterocycles. The van der Waals surface area contributed by atoms with E-state index in [2.05, 4.69) is 0 Å². The SMILES string of the molecule is C[C@@H](c1ccc(-c2ccc(F)cc2)cc1)N1CCC(CCC(=O)O)(c2ccccc2)OC1=O. The zero-order chi connectivity index (χ0) is 23.4. The zero-order valence-corrected chi connectivity index (χ0v) is 18.4. The van der Waals surface area contributed by atoms with Crippen LogP contribution in [-0.2, 0) is 15.1 Å². The molecule has 0 bridgehead atoms. The van der Waals surface area contributed by atoms with E-state index in [1.54, 1.807) is 17.0 Å². The Bertz CT molecular complexity index is 1120. The molecular formula is C27H26FNO4. The van der Waals surface area contributed by atoms with Gasteiger partial charge in [-0.2, -0.15) is 0 Å². The number of benzene rings is 3. The first-order valence-corrected chi connectivity index (χ1v) is 11.0. The van der Waals surface area contributed by atoms with Gasteiger partial charge in [0.15, 0.2) is 0 Å². The summed E-state index contributed by atoms with van der Waals surface area (Å²) in [5.74, 6) is -1.19. The number of nitrogens with zero attached hydrogens (tertiary/aromatic N) is 1. The molecule has 0 aromatic heterocycles. The molecule has 1 aliphatic heterocycles. The number of hydrogen-bond acceptors (Lipinski definition) is 3. The van der Waals surface area contributed by atoms with Crippen molar-refractivity contribution in [3.05, 3.63) is 95.8 Å². The van der Waals surface area contributed by atoms with Crippen molar-refractivity contribution in [2.24, 2.45) is 0 Å². The van der Waals surface area contributed by atoms with Gasteiger partial charge >= 0.3 is 12.1 Å². The highest BCUT2D eigenvalue weighted by atomic mass is 19.1. The van der Waals surface area contributed by atoms with Crippen molar-refractivity contribution in [3.8, 4) is 11.1 Å². The molecule has 0 saturated carbocycles. The van der Waals surface area contributed by atoms with Gasteiger partial charge in [0.05, 0.1) is 6.04 Å². The van der Waals surface area contributed by atoms with Crippen LogP contribution in [-0.4, -0.2) is 28.6 Å². The van der Waals surface area contributed by atoms with Gasteiger partial charge in [-0.1, -0.05) is 66.7 Å². The molecule has 2 atom stereocenters. The number of aliphatic carboxylic acids is 1. The van der Waals surface area contributed by atoms with Crippen LogP contribution in [0.1, 0.15) is 43.4 Å². The summed E-state index contributed by atoms with van der Waals surface area (Å²) in [6.45, 7) is 2.40. The third kappa shape index (κ3) is 4.90. The van der Waals surface area contributed by atoms with Crippen LogP contribution in [0, 0.1) is 5.82 Å². The monoisotopic (exact) mass is 447 g/mol. The Kier molecular flexibility index (Phi) is 6.45. The van der Waals surface area contributed by atoms with Crippen LogP contribution in [0.15, 0.2) is 78.9 Å². The maximum absolute atomic E-state index is 13.2. The quantitative estimate of drug-likeness (QED) is 0.471. The van der Waals surface area contributed by atoms with E-state index in [1.165, 1.54) is 12.1 Å². The highest BCUT2D eigenvalue weighted by Crippen LogP contribution is 2.40. The zero-order valence-electron chi connectivity index (χ0n) is 18.4. The van der Waals surface area contributed by atoms with Crippen molar-refractivity contribution in [1.82, 2.24) is 4.90 Å². The van der Waals surface area contributed by atoms with E-state index < -0.39 is 17.7 Å². The average molecular weight is 448 g/mol. The Labute approximate surface area is 192 Å². The van der Waals surface area contributed by atoms with E-state index in [4.69, 9.17) is 4.74 Å². The fourth-order valence-electron chi connectivity index (χ4n) is 4.37. The lowest BCUT2D eigenvalue weighted by atomic mass is 9.84. The number of amides is 1. The second-order valence-corrected chi connectivity index (χ2v) is 8.37. The van der Waals surface area contributed by atoms with E-state index in [1.807, 2.05) is 61.5 Å². The molecule has 1 amide bonds. The van der Waals surface area contributed by atoms with Gasteiger partial charge < -0.3 is 14.7 Å². The highest BCUT2D eigenvalue weighted by Gasteiger charge is 2.43. The van der Waals surface area contributed by atoms with Gasteiger partial charge in [-0.25, -0.2) is 9.18 Å². The second-order valence-electron chi connectivity index (χ2n) is 8.37. The number of ether oxygens (including phenoxy) is 1. The molecule has 1 fully saturated rings. The number of cyclic esters (lactones) is 1. The third-order valence-electron chi connectivity index (χ3n) is 6.35. The molecule has 33 heavy (non-hydrogen) atoms. The Morgan fingerprint density at radius 2 is 1.64 bits per heavy atom. The van der Waals surface area contributed by atoms with Gasteiger partial charge in [-0.3, -0.25) is 4.79 Å². The lowest BCUT2D eigenvalue weighted by molar-refractivity contribution is -0.139. The van der Waals surface area contributed by atoms with Gasteiger partial charge in [0.1, 0.15) is 11.4 Å². The predicted octanol–water partition coefficient (Wildman–Crippen LogP) is 6.16. The number of carbonyl (C=O) groups is 2. The first-order chi connectivity index (χ1) is 15.9. The molecule has 1 N–H and O–H groups in total. The van der Waals surface area contributed by atoms with Crippen molar-refractivity contribution in [3.63, 3.8) is 0 Å². The first kappa shape index (κ1) is 22.5. The minimum absolute atomic E-state index is 0.0808. The topological polar surface area (TPSA) is 66.8 Å². The van der Waals surface area contributed by atoms with Crippen LogP contribution in [0.25, 0.3) is 11.1 Å². The third-order valence-corrected chi connectivity index (χ3v) is 6.35. The van der Waals surface area contributed by atoms with Crippen molar-refractivity contribution in [2.75, 3.05) is 6.54 Å². The van der Waals surface area contributed by atoms with Crippen LogP contribution in [0.2, 0.25) is 0 Å². The van der Waals surface area contributed by atoms with Crippen LogP contribution in [0.5, 0.6) is 0 Å². The van der Waals surface area contributed by atoms with E-state index in [9.17, 15) is 19.1 Å². The van der Waals surface area contributed by atoms with Gasteiger partial charge in [-0.05, 0) is 41.3 Å². The predicted molar refractivity (Wildman–Crippen MR) is 123 cm³/mol. The largest absolute Gasteiger partial charge is 0.481 e. The van der Waals surface area contributed by atoms with Crippen molar-refractivity contribution >= 4 is 12.1 Å². The normalized spacial score (nSPS) is 19.1. The smallest absolute Gasteiger partial charge is 0.411 e. The van der Waals surface area contributed by atoms with Crippen LogP contribution >= 0.6 is 0 Å². The van der Waals surface area contributed by atoms with Gasteiger partial charge in [-0.15, -0.1) is 0 Å². The lowest BCUT2D eigenvalue weighted by Gasteiger charge is -2.43. The molecule has 0 aliphatic carbocycles. The summed E-state index contributed by atoms with van der Waals surface area (Å²) >= 11 is 0. The fraction of sp³-hybridized carbons (Fsp3) is 0.259. The van der Waals surface area contributed by atoms with Crippen LogP contribution < -0.4 is 0 Å². The summed E-state index contributed by atoms with van der Waals surface area (Å²) in [6, 6.07) is 23.3. The molecule has 1 aliphatic rings. The number of carbonyl (C=O) groups excluding carboxylic acids is 1. The Balaban J connectivity index is 1.51. The molecule has 170 valence electrons. The molecule has 1 unspecified atom stereocenters. The van der Waals surface area contributed by atoms with Crippen molar-refractivity contribution in [1.29, 1.82) is 0 Å². The molecule has 6 heteroatoms. The number of rotatable bonds is 7. The van der Waals surface area contributed by atoms with E-state index in [0.29, 0.717) is 13.0 Å². The van der Waals surface area contributed by atoms with E-state index in [0.717, 1.165) is 22.3 Å². The van der Waals surface area contributed by atoms with Crippen molar-refractivity contribution < 1.29 is 23.8 Å². The summed E-state index contributed by atoms with van der Waals surface area (Å²) in [6.07, 6.45) is 0.203. The molecule has 3 aromatic rings. The van der Waals surface area contributed by atoms with Crippen molar-refractivity contribution in [2.45, 2.75) is 37.8 Å². The number of carboxylic acid groups (broad SMARTS) is 1. The van der Waals surface area contributed by atoms with Crippen LogP contribution in [0.4, 0.5) is 9.18 Å². The summed E-state index contributed by atoms with van der Waals surface area (Å²) in [5.41, 5.74) is 2.70. The molecule has 0 radical (unpaired) electrons. The van der Waals surface area contributed by atoms with Gasteiger partial charge in [0.2, 0.25) is 0 Å². The number of hydrogen-bond donors (Lipinski definition) is 1. The Hall–Kier alpha value is -3.67. The minimum Gasteiger partial charge on any atom is -0.481 e. The lowest BCUT2D eigenvalue weighted by Crippen LogP contribution is -2.48. The minimum atomic E-state index is -0.945. The average Bonchev–Trinajstić information content (AvgIpc) is 2.83. The maximum atomic E-state index is 13.2. The molecule has 1 heterocycles. The summed E-state index contributed by atoms with van der Waals surface area (Å²) in [5, 5.41) is 9.21. The highest BCUT2D eigenvalue weighted by molar-refractivity contribution is 5.71. The van der Waals surface area contributed by atoms with E-state index >= 15 is 0 Å². The standard InChI is InChI=1S/C27H26FNO4/c1-19(20-7-9-21(10-8-20)22-11-13-24(28)14-12-22)29-18-17-27(33-26(29)32,16-15-25(30)31)23-5-3-2-4-6-23/h2-14,19H,15-18H2,1H3,(H,30,31)/t19-,27?/m0/s1. The number of carboxylic acids is 1. The van der Waals surface area contributed by atoms with Crippen LogP contribution in [0.3, 0.4) is 0 Å². The molecule has 5 nitrogen and oxygen atoms in total. The second kappa shape index (κ2) is 9.45. The van der Waals surface area contributed by atoms with Gasteiger partial charge in [0, 0.05) is 25.8 Å². The summed E-state index contributed by atoms with van der Waals surface area (Å²) in [7, 11) is 0. The first-order valence-electron chi connectivity index (χ1n) is 11.0.